The zero-order chi connectivity index (χ0) is 14.2. The minimum absolute atomic E-state index is 0.0788. The lowest BCUT2D eigenvalue weighted by molar-refractivity contribution is 0.0674. The van der Waals surface area contributed by atoms with E-state index in [1.807, 2.05) is 11.8 Å². The van der Waals surface area contributed by atoms with Gasteiger partial charge >= 0.3 is 0 Å². The molecule has 2 aliphatic heterocycles. The molecule has 0 aromatic heterocycles. The van der Waals surface area contributed by atoms with Crippen molar-refractivity contribution in [3.8, 4) is 5.75 Å². The van der Waals surface area contributed by atoms with Gasteiger partial charge in [0, 0.05) is 25.3 Å². The molecule has 2 N–H and O–H groups in total. The SMILES string of the molecule is CC1(C)Cc2cc(CNCC3(O)CCSC3)ccc2O1. The summed E-state index contributed by atoms with van der Waals surface area (Å²) in [6, 6.07) is 6.41. The van der Waals surface area contributed by atoms with Gasteiger partial charge in [-0.1, -0.05) is 12.1 Å². The van der Waals surface area contributed by atoms with Crippen LogP contribution in [-0.2, 0) is 13.0 Å². The first-order valence-electron chi connectivity index (χ1n) is 7.28. The minimum Gasteiger partial charge on any atom is -0.487 e. The predicted molar refractivity (Wildman–Crippen MR) is 83.5 cm³/mol. The lowest BCUT2D eigenvalue weighted by atomic mass is 10.00. The van der Waals surface area contributed by atoms with E-state index in [2.05, 4.69) is 37.4 Å². The van der Waals surface area contributed by atoms with Gasteiger partial charge in [0.1, 0.15) is 11.4 Å². The molecule has 2 heterocycles. The topological polar surface area (TPSA) is 41.5 Å². The van der Waals surface area contributed by atoms with Gasteiger partial charge < -0.3 is 15.2 Å². The number of ether oxygens (including phenoxy) is 1. The van der Waals surface area contributed by atoms with E-state index in [1.54, 1.807) is 0 Å². The second kappa shape index (κ2) is 5.24. The van der Waals surface area contributed by atoms with Gasteiger partial charge in [-0.3, -0.25) is 0 Å². The van der Waals surface area contributed by atoms with E-state index in [9.17, 15) is 5.11 Å². The van der Waals surface area contributed by atoms with Gasteiger partial charge in [-0.25, -0.2) is 0 Å². The van der Waals surface area contributed by atoms with Crippen molar-refractivity contribution in [3.63, 3.8) is 0 Å². The fourth-order valence-corrected chi connectivity index (χ4v) is 4.24. The highest BCUT2D eigenvalue weighted by Crippen LogP contribution is 2.35. The molecule has 110 valence electrons. The number of rotatable bonds is 4. The first kappa shape index (κ1) is 14.2. The summed E-state index contributed by atoms with van der Waals surface area (Å²) in [4.78, 5) is 0. The summed E-state index contributed by atoms with van der Waals surface area (Å²) in [5.74, 6) is 2.94. The predicted octanol–water partition coefficient (Wildman–Crippen LogP) is 2.36. The molecule has 4 heteroatoms. The summed E-state index contributed by atoms with van der Waals surface area (Å²) in [6.45, 7) is 5.73. The van der Waals surface area contributed by atoms with Gasteiger partial charge in [0.25, 0.3) is 0 Å². The monoisotopic (exact) mass is 293 g/mol. The molecule has 0 radical (unpaired) electrons. The Balaban J connectivity index is 1.57. The number of thioether (sulfide) groups is 1. The Hall–Kier alpha value is -0.710. The number of fused-ring (bicyclic) bond motifs is 1. The Labute approximate surface area is 125 Å². The molecule has 3 rings (SSSR count). The van der Waals surface area contributed by atoms with E-state index in [-0.39, 0.29) is 5.60 Å². The average molecular weight is 293 g/mol. The molecular formula is C16H23NO2S. The maximum Gasteiger partial charge on any atom is 0.123 e. The van der Waals surface area contributed by atoms with Crippen molar-refractivity contribution in [1.82, 2.24) is 5.32 Å². The third-order valence-electron chi connectivity index (χ3n) is 3.99. The fourth-order valence-electron chi connectivity index (χ4n) is 2.95. The van der Waals surface area contributed by atoms with Crippen molar-refractivity contribution in [2.75, 3.05) is 18.1 Å². The normalized spacial score (nSPS) is 27.4. The molecule has 0 saturated carbocycles. The zero-order valence-corrected chi connectivity index (χ0v) is 13.1. The number of aliphatic hydroxyl groups is 1. The molecule has 1 saturated heterocycles. The summed E-state index contributed by atoms with van der Waals surface area (Å²) in [7, 11) is 0. The maximum absolute atomic E-state index is 10.3. The zero-order valence-electron chi connectivity index (χ0n) is 12.2. The largest absolute Gasteiger partial charge is 0.487 e. The molecule has 0 amide bonds. The summed E-state index contributed by atoms with van der Waals surface area (Å²) in [5, 5.41) is 13.7. The molecule has 20 heavy (non-hydrogen) atoms. The van der Waals surface area contributed by atoms with E-state index in [0.29, 0.717) is 6.54 Å². The minimum atomic E-state index is -0.507. The first-order chi connectivity index (χ1) is 9.46. The van der Waals surface area contributed by atoms with Crippen LogP contribution in [0.5, 0.6) is 5.75 Å². The number of hydrogen-bond acceptors (Lipinski definition) is 4. The van der Waals surface area contributed by atoms with Gasteiger partial charge in [-0.05, 0) is 43.2 Å². The third kappa shape index (κ3) is 3.13. The van der Waals surface area contributed by atoms with Crippen LogP contribution in [0.4, 0.5) is 0 Å². The summed E-state index contributed by atoms with van der Waals surface area (Å²) >= 11 is 1.84. The maximum atomic E-state index is 10.3. The van der Waals surface area contributed by atoms with Crippen LogP contribution < -0.4 is 10.1 Å². The van der Waals surface area contributed by atoms with E-state index in [1.165, 1.54) is 11.1 Å². The van der Waals surface area contributed by atoms with Gasteiger partial charge in [0.15, 0.2) is 0 Å². The number of nitrogens with one attached hydrogen (secondary N) is 1. The smallest absolute Gasteiger partial charge is 0.123 e. The molecule has 1 unspecified atom stereocenters. The Bertz CT molecular complexity index is 495. The lowest BCUT2D eigenvalue weighted by Crippen LogP contribution is -2.40. The van der Waals surface area contributed by atoms with Crippen molar-refractivity contribution in [2.45, 2.75) is 44.4 Å². The van der Waals surface area contributed by atoms with Crippen LogP contribution in [0.25, 0.3) is 0 Å². The molecule has 0 spiro atoms. The van der Waals surface area contributed by atoms with E-state index < -0.39 is 5.60 Å². The number of benzene rings is 1. The second-order valence-electron chi connectivity index (χ2n) is 6.61. The van der Waals surface area contributed by atoms with E-state index >= 15 is 0 Å². The lowest BCUT2D eigenvalue weighted by Gasteiger charge is -2.21. The van der Waals surface area contributed by atoms with Gasteiger partial charge in [-0.15, -0.1) is 0 Å². The van der Waals surface area contributed by atoms with Crippen LogP contribution in [0.3, 0.4) is 0 Å². The number of hydrogen-bond donors (Lipinski definition) is 2. The van der Waals surface area contributed by atoms with E-state index in [0.717, 1.165) is 36.6 Å². The van der Waals surface area contributed by atoms with Gasteiger partial charge in [-0.2, -0.15) is 11.8 Å². The Morgan fingerprint density at radius 2 is 2.25 bits per heavy atom. The second-order valence-corrected chi connectivity index (χ2v) is 7.72. The molecule has 1 aromatic carbocycles. The molecule has 1 aromatic rings. The van der Waals surface area contributed by atoms with Crippen LogP contribution in [-0.4, -0.2) is 34.4 Å². The Morgan fingerprint density at radius 1 is 1.40 bits per heavy atom. The van der Waals surface area contributed by atoms with Crippen LogP contribution in [0, 0.1) is 0 Å². The molecule has 1 atom stereocenters. The molecule has 0 aliphatic carbocycles. The first-order valence-corrected chi connectivity index (χ1v) is 8.43. The Morgan fingerprint density at radius 3 is 3.00 bits per heavy atom. The van der Waals surface area contributed by atoms with Crippen molar-refractivity contribution in [2.24, 2.45) is 0 Å². The highest BCUT2D eigenvalue weighted by Gasteiger charge is 2.31. The molecule has 1 fully saturated rings. The summed E-state index contributed by atoms with van der Waals surface area (Å²) < 4.78 is 5.89. The van der Waals surface area contributed by atoms with Crippen LogP contribution in [0.15, 0.2) is 18.2 Å². The van der Waals surface area contributed by atoms with E-state index in [4.69, 9.17) is 4.74 Å². The Kier molecular flexibility index (Phi) is 3.73. The van der Waals surface area contributed by atoms with Crippen molar-refractivity contribution in [3.05, 3.63) is 29.3 Å². The van der Waals surface area contributed by atoms with Crippen molar-refractivity contribution < 1.29 is 9.84 Å². The third-order valence-corrected chi connectivity index (χ3v) is 5.23. The molecule has 0 bridgehead atoms. The van der Waals surface area contributed by atoms with Crippen LogP contribution in [0.2, 0.25) is 0 Å². The van der Waals surface area contributed by atoms with Gasteiger partial charge in [0.05, 0.1) is 5.60 Å². The standard InChI is InChI=1S/C16H23NO2S/c1-15(2)8-13-7-12(3-4-14(13)19-15)9-17-10-16(18)5-6-20-11-16/h3-4,7,17-18H,5-6,8-11H2,1-2H3. The summed E-state index contributed by atoms with van der Waals surface area (Å²) in [6.07, 6.45) is 1.87. The molecular weight excluding hydrogens is 270 g/mol. The van der Waals surface area contributed by atoms with Gasteiger partial charge in [0.2, 0.25) is 0 Å². The van der Waals surface area contributed by atoms with Crippen molar-refractivity contribution >= 4 is 11.8 Å². The summed E-state index contributed by atoms with van der Waals surface area (Å²) in [5.41, 5.74) is 1.97. The fraction of sp³-hybridized carbons (Fsp3) is 0.625. The molecule has 2 aliphatic rings. The quantitative estimate of drug-likeness (QED) is 0.894. The van der Waals surface area contributed by atoms with Crippen LogP contribution in [0.1, 0.15) is 31.4 Å². The highest BCUT2D eigenvalue weighted by atomic mass is 32.2. The average Bonchev–Trinajstić information content (AvgIpc) is 2.91. The molecule has 3 nitrogen and oxygen atoms in total. The highest BCUT2D eigenvalue weighted by molar-refractivity contribution is 7.99. The van der Waals surface area contributed by atoms with Crippen molar-refractivity contribution in [1.29, 1.82) is 0 Å². The van der Waals surface area contributed by atoms with Crippen LogP contribution >= 0.6 is 11.8 Å².